The van der Waals surface area contributed by atoms with Gasteiger partial charge in [-0.1, -0.05) is 61.9 Å². The van der Waals surface area contributed by atoms with Gasteiger partial charge in [-0.25, -0.2) is 4.98 Å². The van der Waals surface area contributed by atoms with Crippen molar-refractivity contribution in [1.82, 2.24) is 20.3 Å². The van der Waals surface area contributed by atoms with Crippen molar-refractivity contribution in [2.24, 2.45) is 0 Å². The fourth-order valence-electron chi connectivity index (χ4n) is 4.67. The number of aromatic nitrogens is 3. The van der Waals surface area contributed by atoms with Gasteiger partial charge in [-0.2, -0.15) is 0 Å². The van der Waals surface area contributed by atoms with Crippen molar-refractivity contribution in [2.45, 2.75) is 25.8 Å². The first-order valence-electron chi connectivity index (χ1n) is 12.4. The highest BCUT2D eigenvalue weighted by Crippen LogP contribution is 2.40. The zero-order chi connectivity index (χ0) is 26.6. The van der Waals surface area contributed by atoms with Crippen LogP contribution in [-0.2, 0) is 0 Å². The summed E-state index contributed by atoms with van der Waals surface area (Å²) in [4.78, 5) is 25.5. The lowest BCUT2D eigenvalue weighted by Gasteiger charge is -2.20. The van der Waals surface area contributed by atoms with Gasteiger partial charge in [0.15, 0.2) is 0 Å². The lowest BCUT2D eigenvalue weighted by molar-refractivity contribution is 0.0934. The van der Waals surface area contributed by atoms with E-state index < -0.39 is 0 Å². The van der Waals surface area contributed by atoms with Crippen molar-refractivity contribution in [3.8, 4) is 22.5 Å². The number of carbonyl (C=O) groups is 1. The van der Waals surface area contributed by atoms with Gasteiger partial charge >= 0.3 is 0 Å². The first-order valence-corrected chi connectivity index (χ1v) is 12.8. The number of benzene rings is 3. The number of nitrogens with zero attached hydrogens (tertiary/aromatic N) is 2. The van der Waals surface area contributed by atoms with Gasteiger partial charge in [-0.3, -0.25) is 9.78 Å². The molecule has 1 unspecified atom stereocenters. The number of aliphatic hydroxyl groups is 1. The summed E-state index contributed by atoms with van der Waals surface area (Å²) in [6, 6.07) is 22.2. The maximum Gasteiger partial charge on any atom is 0.251 e. The number of amides is 1. The van der Waals surface area contributed by atoms with Crippen molar-refractivity contribution in [3.05, 3.63) is 113 Å². The molecule has 0 radical (unpaired) electrons. The Hall–Kier alpha value is -4.42. The second-order valence-corrected chi connectivity index (χ2v) is 9.47. The molecule has 0 aliphatic heterocycles. The molecule has 6 nitrogen and oxygen atoms in total. The number of carbonyl (C=O) groups excluding carboxylic acids is 1. The minimum atomic E-state index is -0.244. The zero-order valence-corrected chi connectivity index (χ0v) is 21.7. The highest BCUT2D eigenvalue weighted by Gasteiger charge is 2.21. The van der Waals surface area contributed by atoms with Crippen molar-refractivity contribution in [3.63, 3.8) is 0 Å². The predicted molar refractivity (Wildman–Crippen MR) is 153 cm³/mol. The minimum Gasteiger partial charge on any atom is -0.508 e. The van der Waals surface area contributed by atoms with Crippen LogP contribution in [0.1, 0.15) is 47.3 Å². The van der Waals surface area contributed by atoms with Crippen LogP contribution < -0.4 is 5.32 Å². The molecule has 5 aromatic rings. The molecule has 0 spiro atoms. The number of H-pyrrole nitrogens is 1. The van der Waals surface area contributed by atoms with Crippen LogP contribution in [-0.4, -0.2) is 26.0 Å². The number of hydrogen-bond acceptors (Lipinski definition) is 4. The van der Waals surface area contributed by atoms with E-state index >= 15 is 0 Å². The van der Waals surface area contributed by atoms with Crippen LogP contribution in [0, 0.1) is 0 Å². The molecule has 1 atom stereocenters. The molecule has 0 aliphatic carbocycles. The van der Waals surface area contributed by atoms with Crippen LogP contribution in [0.5, 0.6) is 0 Å². The van der Waals surface area contributed by atoms with E-state index in [1.54, 1.807) is 36.7 Å². The average molecular weight is 523 g/mol. The molecule has 2 aromatic heterocycles. The van der Waals surface area contributed by atoms with Crippen molar-refractivity contribution in [1.29, 1.82) is 0 Å². The van der Waals surface area contributed by atoms with E-state index in [2.05, 4.69) is 28.8 Å². The Balaban J connectivity index is 1.55. The average Bonchev–Trinajstić information content (AvgIpc) is 3.37. The largest absolute Gasteiger partial charge is 0.508 e. The zero-order valence-electron chi connectivity index (χ0n) is 20.9. The molecule has 1 amide bonds. The topological polar surface area (TPSA) is 90.9 Å². The Labute approximate surface area is 226 Å². The first-order chi connectivity index (χ1) is 18.5. The Morgan fingerprint density at radius 3 is 2.58 bits per heavy atom. The fraction of sp³-hybridized carbons (Fsp3) is 0.129. The molecular weight excluding hydrogens is 496 g/mol. The third-order valence-electron chi connectivity index (χ3n) is 6.51. The van der Waals surface area contributed by atoms with Gasteiger partial charge in [0.1, 0.15) is 11.6 Å². The number of nitrogens with one attached hydrogen (secondary N) is 2. The highest BCUT2D eigenvalue weighted by atomic mass is 35.5. The standard InChI is InChI=1S/C31H27ClN4O2/c1-3-7-26(20-14-16-33-17-15-20)36-31(38)21-12-13-22(24(18-21)19(2)37)29-23(8-6-9-25(29)32)30-34-27-10-4-5-11-28(27)35-30/h4-6,8-18,26,37H,2-3,7H2,1H3,(H,34,35)(H,36,38). The number of aliphatic hydroxyl groups excluding tert-OH is 1. The molecule has 0 saturated heterocycles. The van der Waals surface area contributed by atoms with Crippen molar-refractivity contribution < 1.29 is 9.90 Å². The van der Waals surface area contributed by atoms with Gasteiger partial charge in [0.05, 0.1) is 17.1 Å². The van der Waals surface area contributed by atoms with E-state index in [0.29, 0.717) is 33.1 Å². The number of imidazole rings is 1. The summed E-state index contributed by atoms with van der Waals surface area (Å²) < 4.78 is 0. The van der Waals surface area contributed by atoms with Crippen LogP contribution in [0.15, 0.2) is 91.8 Å². The number of hydrogen-bond donors (Lipinski definition) is 3. The number of fused-ring (bicyclic) bond motifs is 1. The Morgan fingerprint density at radius 2 is 1.84 bits per heavy atom. The summed E-state index contributed by atoms with van der Waals surface area (Å²) >= 11 is 6.73. The number of rotatable bonds is 8. The number of para-hydroxylation sites is 2. The first kappa shape index (κ1) is 25.2. The number of pyridine rings is 1. The van der Waals surface area contributed by atoms with E-state index in [1.807, 2.05) is 48.5 Å². The second-order valence-electron chi connectivity index (χ2n) is 9.07. The van der Waals surface area contributed by atoms with Crippen LogP contribution in [0.2, 0.25) is 5.02 Å². The van der Waals surface area contributed by atoms with Gasteiger partial charge in [0, 0.05) is 39.7 Å². The number of aromatic amines is 1. The SMILES string of the molecule is C=C(O)c1cc(C(=O)NC(CCC)c2ccncc2)ccc1-c1c(Cl)cccc1-c1nc2ccccc2[nH]1. The Morgan fingerprint density at radius 1 is 1.05 bits per heavy atom. The lowest BCUT2D eigenvalue weighted by Crippen LogP contribution is -2.28. The second kappa shape index (κ2) is 10.9. The van der Waals surface area contributed by atoms with E-state index in [0.717, 1.165) is 35.0 Å². The molecule has 3 N–H and O–H groups in total. The highest BCUT2D eigenvalue weighted by molar-refractivity contribution is 6.34. The molecule has 0 bridgehead atoms. The van der Waals surface area contributed by atoms with Crippen LogP contribution >= 0.6 is 11.6 Å². The molecule has 190 valence electrons. The molecule has 3 aromatic carbocycles. The molecule has 0 aliphatic rings. The lowest BCUT2D eigenvalue weighted by atomic mass is 9.92. The monoisotopic (exact) mass is 522 g/mol. The molecule has 38 heavy (non-hydrogen) atoms. The Bertz CT molecular complexity index is 1600. The predicted octanol–water partition coefficient (Wildman–Crippen LogP) is 7.75. The normalized spacial score (nSPS) is 11.8. The molecule has 2 heterocycles. The minimum absolute atomic E-state index is 0.154. The molecular formula is C31H27ClN4O2. The van der Waals surface area contributed by atoms with Gasteiger partial charge in [-0.15, -0.1) is 0 Å². The summed E-state index contributed by atoms with van der Waals surface area (Å²) in [5.74, 6) is 0.245. The summed E-state index contributed by atoms with van der Waals surface area (Å²) in [6.45, 7) is 5.84. The summed E-state index contributed by atoms with van der Waals surface area (Å²) in [5.41, 5.74) is 5.66. The van der Waals surface area contributed by atoms with Gasteiger partial charge in [0.25, 0.3) is 5.91 Å². The third kappa shape index (κ3) is 5.04. The molecule has 0 fully saturated rings. The van der Waals surface area contributed by atoms with E-state index in [4.69, 9.17) is 16.6 Å². The Kier molecular flexibility index (Phi) is 7.24. The van der Waals surface area contributed by atoms with E-state index in [1.165, 1.54) is 0 Å². The summed E-state index contributed by atoms with van der Waals surface area (Å²) in [5, 5.41) is 14.2. The maximum atomic E-state index is 13.3. The van der Waals surface area contributed by atoms with Gasteiger partial charge in [-0.05, 0) is 60.0 Å². The summed E-state index contributed by atoms with van der Waals surface area (Å²) in [6.07, 6.45) is 5.13. The van der Waals surface area contributed by atoms with Crippen molar-refractivity contribution >= 4 is 34.3 Å². The van der Waals surface area contributed by atoms with Gasteiger partial charge < -0.3 is 15.4 Å². The van der Waals surface area contributed by atoms with Crippen LogP contribution in [0.4, 0.5) is 0 Å². The maximum absolute atomic E-state index is 13.3. The molecule has 7 heteroatoms. The van der Waals surface area contributed by atoms with Crippen LogP contribution in [0.25, 0.3) is 39.3 Å². The van der Waals surface area contributed by atoms with E-state index in [9.17, 15) is 9.90 Å². The fourth-order valence-corrected chi connectivity index (χ4v) is 4.94. The molecule has 0 saturated carbocycles. The third-order valence-corrected chi connectivity index (χ3v) is 6.83. The van der Waals surface area contributed by atoms with Gasteiger partial charge in [0.2, 0.25) is 0 Å². The van der Waals surface area contributed by atoms with Crippen LogP contribution in [0.3, 0.4) is 0 Å². The van der Waals surface area contributed by atoms with E-state index in [-0.39, 0.29) is 17.7 Å². The van der Waals surface area contributed by atoms with Crippen molar-refractivity contribution in [2.75, 3.05) is 0 Å². The summed E-state index contributed by atoms with van der Waals surface area (Å²) in [7, 11) is 0. The number of halogens is 1. The molecule has 5 rings (SSSR count). The smallest absolute Gasteiger partial charge is 0.251 e. The quantitative estimate of drug-likeness (QED) is 0.182.